The first-order chi connectivity index (χ1) is 15.9. The van der Waals surface area contributed by atoms with E-state index in [1.165, 1.54) is 43.6 Å². The Balaban J connectivity index is 1.42. The molecule has 176 valence electrons. The second-order valence-electron chi connectivity index (χ2n) is 9.51. The number of rotatable bonds is 8. The number of thioether (sulfide) groups is 1. The molecular weight excluding hydrogens is 432 g/mol. The number of hydrogen-bond acceptors (Lipinski definition) is 6. The summed E-state index contributed by atoms with van der Waals surface area (Å²) in [7, 11) is 0. The molecule has 3 atom stereocenters. The number of anilines is 1. The van der Waals surface area contributed by atoms with E-state index in [9.17, 15) is 4.79 Å². The first kappa shape index (κ1) is 23.7. The van der Waals surface area contributed by atoms with Crippen LogP contribution in [0.4, 0.5) is 5.69 Å². The molecule has 1 aromatic heterocycles. The number of benzene rings is 1. The standard InChI is InChI=1S/C25H34N6OS/c1-17-9-8-13-25(2,30-17)12-6-3-7-14-31-20-10-4-5-11-21(20)33-22(24(31)32)18-15-28-16-19(29-18)23(26)27/h4-5,10-11,15-17,22,30H,3,6-9,12-14H2,1-2H3,(H3,26,27)/t17-,22?,25+/m0/s1. The van der Waals surface area contributed by atoms with Gasteiger partial charge in [-0.15, -0.1) is 11.8 Å². The summed E-state index contributed by atoms with van der Waals surface area (Å²) in [5.41, 5.74) is 7.64. The van der Waals surface area contributed by atoms with Gasteiger partial charge in [-0.3, -0.25) is 15.2 Å². The van der Waals surface area contributed by atoms with E-state index in [0.29, 0.717) is 24.0 Å². The summed E-state index contributed by atoms with van der Waals surface area (Å²) < 4.78 is 0. The van der Waals surface area contributed by atoms with Crippen molar-refractivity contribution in [2.75, 3.05) is 11.4 Å². The van der Waals surface area contributed by atoms with Gasteiger partial charge in [0.2, 0.25) is 5.91 Å². The molecule has 2 aliphatic rings. The number of aromatic nitrogens is 2. The maximum absolute atomic E-state index is 13.5. The monoisotopic (exact) mass is 466 g/mol. The number of nitrogens with one attached hydrogen (secondary N) is 2. The highest BCUT2D eigenvalue weighted by atomic mass is 32.2. The van der Waals surface area contributed by atoms with Crippen molar-refractivity contribution in [1.82, 2.24) is 15.3 Å². The minimum absolute atomic E-state index is 0.0171. The van der Waals surface area contributed by atoms with Crippen LogP contribution in [0.1, 0.15) is 75.4 Å². The van der Waals surface area contributed by atoms with Gasteiger partial charge in [0, 0.05) is 23.0 Å². The minimum atomic E-state index is -0.487. The molecule has 1 aromatic carbocycles. The van der Waals surface area contributed by atoms with Gasteiger partial charge in [-0.25, -0.2) is 4.98 Å². The van der Waals surface area contributed by atoms with Gasteiger partial charge in [0.05, 0.1) is 23.8 Å². The summed E-state index contributed by atoms with van der Waals surface area (Å²) >= 11 is 1.49. The molecule has 1 fully saturated rings. The average Bonchev–Trinajstić information content (AvgIpc) is 2.79. The number of piperidine rings is 1. The van der Waals surface area contributed by atoms with Crippen LogP contribution in [0.3, 0.4) is 0 Å². The Morgan fingerprint density at radius 1 is 1.30 bits per heavy atom. The summed E-state index contributed by atoms with van der Waals surface area (Å²) in [4.78, 5) is 25.1. The second kappa shape index (κ2) is 10.2. The predicted octanol–water partition coefficient (Wildman–Crippen LogP) is 4.42. The average molecular weight is 467 g/mol. The Labute approximate surface area is 200 Å². The van der Waals surface area contributed by atoms with Gasteiger partial charge in [-0.2, -0.15) is 0 Å². The topological polar surface area (TPSA) is 108 Å². The Morgan fingerprint density at radius 2 is 2.12 bits per heavy atom. The van der Waals surface area contributed by atoms with Crippen LogP contribution in [0.2, 0.25) is 0 Å². The quantitative estimate of drug-likeness (QED) is 0.302. The summed E-state index contributed by atoms with van der Waals surface area (Å²) in [6.07, 6.45) is 11.3. The van der Waals surface area contributed by atoms with E-state index in [4.69, 9.17) is 11.1 Å². The van der Waals surface area contributed by atoms with Crippen LogP contribution in [0.25, 0.3) is 0 Å². The van der Waals surface area contributed by atoms with Crippen molar-refractivity contribution < 1.29 is 4.79 Å². The number of nitrogen functional groups attached to an aromatic ring is 1. The smallest absolute Gasteiger partial charge is 0.246 e. The zero-order chi connectivity index (χ0) is 23.4. The molecule has 4 rings (SSSR count). The van der Waals surface area contributed by atoms with Crippen molar-refractivity contribution >= 4 is 29.2 Å². The lowest BCUT2D eigenvalue weighted by atomic mass is 9.84. The van der Waals surface area contributed by atoms with E-state index in [0.717, 1.165) is 29.8 Å². The van der Waals surface area contributed by atoms with Gasteiger partial charge in [0.25, 0.3) is 0 Å². The number of hydrogen-bond donors (Lipinski definition) is 3. The zero-order valence-corrected chi connectivity index (χ0v) is 20.3. The molecule has 33 heavy (non-hydrogen) atoms. The summed E-state index contributed by atoms with van der Waals surface area (Å²) in [5, 5.41) is 10.9. The predicted molar refractivity (Wildman–Crippen MR) is 134 cm³/mol. The highest BCUT2D eigenvalue weighted by Gasteiger charge is 2.35. The van der Waals surface area contributed by atoms with E-state index in [1.807, 2.05) is 29.2 Å². The van der Waals surface area contributed by atoms with Crippen molar-refractivity contribution in [3.05, 3.63) is 48.0 Å². The van der Waals surface area contributed by atoms with E-state index in [-0.39, 0.29) is 17.3 Å². The van der Waals surface area contributed by atoms with Crippen LogP contribution in [0.15, 0.2) is 41.6 Å². The first-order valence-electron chi connectivity index (χ1n) is 11.9. The normalized spacial score (nSPS) is 25.0. The molecule has 1 amide bonds. The molecular formula is C25H34N6OS. The van der Waals surface area contributed by atoms with Gasteiger partial charge < -0.3 is 16.0 Å². The van der Waals surface area contributed by atoms with Crippen molar-refractivity contribution in [1.29, 1.82) is 5.41 Å². The summed E-state index contributed by atoms with van der Waals surface area (Å²) in [6.45, 7) is 5.32. The largest absolute Gasteiger partial charge is 0.382 e. The van der Waals surface area contributed by atoms with Crippen molar-refractivity contribution in [3.8, 4) is 0 Å². The number of nitrogens with zero attached hydrogens (tertiary/aromatic N) is 3. The van der Waals surface area contributed by atoms with E-state index >= 15 is 0 Å². The molecule has 0 aliphatic carbocycles. The fraction of sp³-hybridized carbons (Fsp3) is 0.520. The number of unbranched alkanes of at least 4 members (excludes halogenated alkanes) is 2. The maximum atomic E-state index is 13.5. The van der Waals surface area contributed by atoms with Crippen LogP contribution < -0.4 is 16.0 Å². The third kappa shape index (κ3) is 5.55. The molecule has 0 bridgehead atoms. The molecule has 8 heteroatoms. The van der Waals surface area contributed by atoms with Crippen molar-refractivity contribution in [2.45, 2.75) is 80.5 Å². The summed E-state index contributed by atoms with van der Waals surface area (Å²) in [5.74, 6) is -0.131. The van der Waals surface area contributed by atoms with Gasteiger partial charge in [0.1, 0.15) is 16.8 Å². The fourth-order valence-electron chi connectivity index (χ4n) is 4.97. The highest BCUT2D eigenvalue weighted by Crippen LogP contribution is 2.46. The lowest BCUT2D eigenvalue weighted by Gasteiger charge is -2.39. The molecule has 3 heterocycles. The van der Waals surface area contributed by atoms with Crippen LogP contribution >= 0.6 is 11.8 Å². The van der Waals surface area contributed by atoms with Crippen LogP contribution in [-0.2, 0) is 4.79 Å². The van der Waals surface area contributed by atoms with E-state index < -0.39 is 5.25 Å². The fourth-order valence-corrected chi connectivity index (χ4v) is 6.14. The Morgan fingerprint density at radius 3 is 2.91 bits per heavy atom. The van der Waals surface area contributed by atoms with Crippen molar-refractivity contribution in [3.63, 3.8) is 0 Å². The molecule has 2 aromatic rings. The second-order valence-corrected chi connectivity index (χ2v) is 10.7. The van der Waals surface area contributed by atoms with Gasteiger partial charge in [-0.05, 0) is 51.7 Å². The number of carbonyl (C=O) groups is 1. The van der Waals surface area contributed by atoms with E-state index in [2.05, 4.69) is 29.1 Å². The Hall–Kier alpha value is -2.45. The first-order valence-corrected chi connectivity index (χ1v) is 12.8. The maximum Gasteiger partial charge on any atom is 0.246 e. The van der Waals surface area contributed by atoms with E-state index in [1.54, 1.807) is 6.20 Å². The molecule has 0 radical (unpaired) electrons. The van der Waals surface area contributed by atoms with Crippen molar-refractivity contribution in [2.24, 2.45) is 5.73 Å². The third-order valence-electron chi connectivity index (χ3n) is 6.66. The number of amidine groups is 1. The van der Waals surface area contributed by atoms with Gasteiger partial charge in [0.15, 0.2) is 0 Å². The number of nitrogens with two attached hydrogens (primary N) is 1. The number of fused-ring (bicyclic) bond motifs is 1. The molecule has 4 N–H and O–H groups in total. The van der Waals surface area contributed by atoms with Crippen LogP contribution in [-0.4, -0.2) is 39.8 Å². The number of amides is 1. The SMILES string of the molecule is C[C@H]1CCC[C@@](C)(CCCCCN2C(=O)C(c3cncc(C(=N)N)n3)Sc3ccccc32)N1. The Kier molecular flexibility index (Phi) is 7.34. The third-order valence-corrected chi connectivity index (χ3v) is 7.94. The molecule has 7 nitrogen and oxygen atoms in total. The Bertz CT molecular complexity index is 1010. The molecule has 0 spiro atoms. The highest BCUT2D eigenvalue weighted by molar-refractivity contribution is 8.00. The molecule has 0 saturated carbocycles. The lowest BCUT2D eigenvalue weighted by molar-refractivity contribution is -0.118. The molecule has 2 aliphatic heterocycles. The van der Waals surface area contributed by atoms with Crippen LogP contribution in [0.5, 0.6) is 0 Å². The van der Waals surface area contributed by atoms with Gasteiger partial charge >= 0.3 is 0 Å². The minimum Gasteiger partial charge on any atom is -0.382 e. The molecule has 1 unspecified atom stereocenters. The number of para-hydroxylation sites is 1. The number of carbonyl (C=O) groups excluding carboxylic acids is 1. The summed E-state index contributed by atoms with van der Waals surface area (Å²) in [6, 6.07) is 8.64. The lowest BCUT2D eigenvalue weighted by Crippen LogP contribution is -2.50. The van der Waals surface area contributed by atoms with Crippen LogP contribution in [0, 0.1) is 5.41 Å². The van der Waals surface area contributed by atoms with Gasteiger partial charge in [-0.1, -0.05) is 31.4 Å². The molecule has 1 saturated heterocycles. The zero-order valence-electron chi connectivity index (χ0n) is 19.5.